The smallest absolute Gasteiger partial charge is 0.435 e. The van der Waals surface area contributed by atoms with Crippen molar-refractivity contribution in [3.63, 3.8) is 0 Å². The summed E-state index contributed by atoms with van der Waals surface area (Å²) >= 11 is 1.20. The number of nitrogens with zero attached hydrogens (tertiary/aromatic N) is 5. The SMILES string of the molecule is CCOC(=O)OCOC(=O)[C@H]1C2CCC(CC2)[C@@H]1Nc1nc(-c2c[nH]c3ncc(F)nc23)nc(-c2nccs2)c1F. The molecule has 2 N–H and O–H groups in total. The molecule has 3 aliphatic carbocycles. The van der Waals surface area contributed by atoms with Crippen molar-refractivity contribution >= 4 is 40.4 Å². The highest BCUT2D eigenvalue weighted by molar-refractivity contribution is 7.13. The fourth-order valence-corrected chi connectivity index (χ4v) is 6.35. The van der Waals surface area contributed by atoms with Gasteiger partial charge in [-0.3, -0.25) is 4.79 Å². The van der Waals surface area contributed by atoms with Gasteiger partial charge in [-0.2, -0.15) is 4.39 Å². The fourth-order valence-electron chi connectivity index (χ4n) is 5.73. The summed E-state index contributed by atoms with van der Waals surface area (Å²) in [5.74, 6) is -2.70. The minimum atomic E-state index is -0.938. The molecule has 4 aromatic rings. The van der Waals surface area contributed by atoms with Gasteiger partial charge in [-0.25, -0.2) is 34.1 Å². The van der Waals surface area contributed by atoms with E-state index in [0.29, 0.717) is 16.2 Å². The molecule has 4 aromatic heterocycles. The van der Waals surface area contributed by atoms with Crippen LogP contribution in [0, 0.1) is 29.5 Å². The summed E-state index contributed by atoms with van der Waals surface area (Å²) in [7, 11) is 0. The highest BCUT2D eigenvalue weighted by atomic mass is 32.1. The minimum absolute atomic E-state index is 0.00209. The number of rotatable bonds is 8. The van der Waals surface area contributed by atoms with Crippen molar-refractivity contribution in [3.8, 4) is 22.1 Å². The number of aromatic nitrogens is 6. The molecule has 3 saturated carbocycles. The minimum Gasteiger partial charge on any atom is -0.435 e. The second-order valence-corrected chi connectivity index (χ2v) is 10.7. The summed E-state index contributed by atoms with van der Waals surface area (Å²) in [6, 6.07) is -0.501. The van der Waals surface area contributed by atoms with E-state index in [1.54, 1.807) is 12.3 Å². The van der Waals surface area contributed by atoms with Gasteiger partial charge in [0.05, 0.1) is 24.3 Å². The molecule has 214 valence electrons. The Labute approximate surface area is 235 Å². The molecule has 3 aliphatic rings. The lowest BCUT2D eigenvalue weighted by atomic mass is 9.61. The average molecular weight is 586 g/mol. The van der Waals surface area contributed by atoms with Crippen LogP contribution in [0.4, 0.5) is 19.4 Å². The molecule has 0 amide bonds. The topological polar surface area (TPSA) is 154 Å². The number of carbonyl (C=O) groups is 2. The number of esters is 1. The first-order valence-corrected chi connectivity index (χ1v) is 14.0. The monoisotopic (exact) mass is 585 g/mol. The number of nitrogens with one attached hydrogen (secondary N) is 2. The van der Waals surface area contributed by atoms with E-state index in [4.69, 9.17) is 14.2 Å². The van der Waals surface area contributed by atoms with Crippen molar-refractivity contribution in [1.82, 2.24) is 29.9 Å². The molecule has 0 saturated heterocycles. The largest absolute Gasteiger partial charge is 0.511 e. The zero-order valence-corrected chi connectivity index (χ0v) is 22.6. The predicted molar refractivity (Wildman–Crippen MR) is 141 cm³/mol. The van der Waals surface area contributed by atoms with Gasteiger partial charge in [0.2, 0.25) is 12.7 Å². The quantitative estimate of drug-likeness (QED) is 0.218. The van der Waals surface area contributed by atoms with Gasteiger partial charge in [0.15, 0.2) is 23.1 Å². The maximum Gasteiger partial charge on any atom is 0.511 e. The second-order valence-electron chi connectivity index (χ2n) is 9.77. The highest BCUT2D eigenvalue weighted by Crippen LogP contribution is 2.47. The summed E-state index contributed by atoms with van der Waals surface area (Å²) in [6.07, 6.45) is 6.45. The van der Waals surface area contributed by atoms with Gasteiger partial charge in [0, 0.05) is 23.8 Å². The van der Waals surface area contributed by atoms with Gasteiger partial charge in [0.1, 0.15) is 16.2 Å². The molecule has 2 bridgehead atoms. The third kappa shape index (κ3) is 5.28. The van der Waals surface area contributed by atoms with Crippen molar-refractivity contribution in [2.45, 2.75) is 38.6 Å². The van der Waals surface area contributed by atoms with E-state index in [-0.39, 0.29) is 41.3 Å². The normalized spacial score (nSPS) is 21.5. The number of anilines is 1. The maximum atomic E-state index is 16.0. The van der Waals surface area contributed by atoms with Crippen LogP contribution in [0.25, 0.3) is 33.3 Å². The van der Waals surface area contributed by atoms with Crippen LogP contribution in [0.3, 0.4) is 0 Å². The van der Waals surface area contributed by atoms with Gasteiger partial charge in [0.25, 0.3) is 0 Å². The van der Waals surface area contributed by atoms with E-state index >= 15 is 4.39 Å². The molecule has 4 heterocycles. The van der Waals surface area contributed by atoms with E-state index in [1.165, 1.54) is 23.7 Å². The van der Waals surface area contributed by atoms with Crippen molar-refractivity contribution in [3.05, 3.63) is 35.7 Å². The zero-order chi connectivity index (χ0) is 28.5. The summed E-state index contributed by atoms with van der Waals surface area (Å²) in [4.78, 5) is 48.6. The Kier molecular flexibility index (Phi) is 7.43. The van der Waals surface area contributed by atoms with Gasteiger partial charge in [-0.1, -0.05) is 0 Å². The summed E-state index contributed by atoms with van der Waals surface area (Å²) in [5, 5.41) is 5.21. The van der Waals surface area contributed by atoms with Gasteiger partial charge < -0.3 is 24.5 Å². The van der Waals surface area contributed by atoms with Crippen LogP contribution in [0.5, 0.6) is 0 Å². The van der Waals surface area contributed by atoms with Gasteiger partial charge >= 0.3 is 12.1 Å². The summed E-state index contributed by atoms with van der Waals surface area (Å²) in [5.41, 5.74) is 0.781. The van der Waals surface area contributed by atoms with Crippen LogP contribution in [-0.4, -0.2) is 61.5 Å². The molecular weight excluding hydrogens is 560 g/mol. The zero-order valence-electron chi connectivity index (χ0n) is 21.8. The number of hydrogen-bond acceptors (Lipinski definition) is 12. The molecular formula is C26H25F2N7O5S. The van der Waals surface area contributed by atoms with Crippen molar-refractivity contribution in [2.75, 3.05) is 18.7 Å². The molecule has 0 radical (unpaired) electrons. The molecule has 3 fully saturated rings. The van der Waals surface area contributed by atoms with Crippen molar-refractivity contribution in [2.24, 2.45) is 17.8 Å². The average Bonchev–Trinajstić information content (AvgIpc) is 3.65. The molecule has 15 heteroatoms. The number of thiazole rings is 1. The fraction of sp³-hybridized carbons (Fsp3) is 0.423. The lowest BCUT2D eigenvalue weighted by Gasteiger charge is -2.47. The van der Waals surface area contributed by atoms with Crippen LogP contribution in [0.15, 0.2) is 24.0 Å². The summed E-state index contributed by atoms with van der Waals surface area (Å²) in [6.45, 7) is 1.17. The predicted octanol–water partition coefficient (Wildman–Crippen LogP) is 4.71. The molecule has 0 unspecified atom stereocenters. The number of aromatic amines is 1. The lowest BCUT2D eigenvalue weighted by molar-refractivity contribution is -0.164. The van der Waals surface area contributed by atoms with E-state index in [2.05, 4.69) is 35.2 Å². The van der Waals surface area contributed by atoms with E-state index in [9.17, 15) is 14.0 Å². The Bertz CT molecular complexity index is 1580. The van der Waals surface area contributed by atoms with Gasteiger partial charge in [-0.15, -0.1) is 11.3 Å². The van der Waals surface area contributed by atoms with Crippen LogP contribution in [0.1, 0.15) is 32.6 Å². The molecule has 0 spiro atoms. The van der Waals surface area contributed by atoms with Crippen molar-refractivity contribution < 1.29 is 32.6 Å². The molecule has 12 nitrogen and oxygen atoms in total. The molecule has 0 aliphatic heterocycles. The van der Waals surface area contributed by atoms with Crippen molar-refractivity contribution in [1.29, 1.82) is 0 Å². The first-order chi connectivity index (χ1) is 19.9. The summed E-state index contributed by atoms with van der Waals surface area (Å²) < 4.78 is 44.8. The number of hydrogen-bond donors (Lipinski definition) is 2. The van der Waals surface area contributed by atoms with E-state index in [0.717, 1.165) is 31.9 Å². The third-order valence-electron chi connectivity index (χ3n) is 7.51. The van der Waals surface area contributed by atoms with Crippen LogP contribution in [0.2, 0.25) is 0 Å². The van der Waals surface area contributed by atoms with Crippen LogP contribution < -0.4 is 5.32 Å². The first-order valence-electron chi connectivity index (χ1n) is 13.1. The standard InChI is InChI=1S/C26H25F2N7O5S/c1-2-38-26(37)40-11-39-25(36)16-12-3-5-13(6-4-12)18(16)33-22-17(28)20(24-29-7-8-41-24)34-21(35-22)14-9-30-23-19(14)32-15(27)10-31-23/h7-10,12-13,16,18H,2-6,11H2,1H3,(H,30,31)(H,33,34,35)/t12?,13?,16-,18-/m0/s1. The first kappa shape index (κ1) is 26.9. The Morgan fingerprint density at radius 2 is 1.88 bits per heavy atom. The third-order valence-corrected chi connectivity index (χ3v) is 8.29. The number of ether oxygens (including phenoxy) is 3. The Morgan fingerprint density at radius 3 is 2.63 bits per heavy atom. The second kappa shape index (κ2) is 11.3. The van der Waals surface area contributed by atoms with Gasteiger partial charge in [-0.05, 0) is 44.4 Å². The molecule has 0 aromatic carbocycles. The lowest BCUT2D eigenvalue weighted by Crippen LogP contribution is -2.52. The Hall–Kier alpha value is -4.27. The molecule has 2 atom stereocenters. The Morgan fingerprint density at radius 1 is 1.07 bits per heavy atom. The molecule has 7 rings (SSSR count). The highest BCUT2D eigenvalue weighted by Gasteiger charge is 2.48. The number of carbonyl (C=O) groups excluding carboxylic acids is 2. The Balaban J connectivity index is 1.35. The number of fused-ring (bicyclic) bond motifs is 4. The van der Waals surface area contributed by atoms with E-state index < -0.39 is 42.6 Å². The molecule has 41 heavy (non-hydrogen) atoms. The maximum absolute atomic E-state index is 16.0. The van der Waals surface area contributed by atoms with Crippen LogP contribution >= 0.6 is 11.3 Å². The van der Waals surface area contributed by atoms with Crippen LogP contribution in [-0.2, 0) is 19.0 Å². The number of halogens is 2. The van der Waals surface area contributed by atoms with E-state index in [1.807, 2.05) is 0 Å². The number of H-pyrrole nitrogens is 1.